The van der Waals surface area contributed by atoms with Crippen molar-refractivity contribution in [1.82, 2.24) is 14.9 Å². The van der Waals surface area contributed by atoms with Crippen LogP contribution in [0.5, 0.6) is 0 Å². The van der Waals surface area contributed by atoms with Crippen LogP contribution in [0.2, 0.25) is 5.15 Å². The Morgan fingerprint density at radius 2 is 2.10 bits per heavy atom. The van der Waals surface area contributed by atoms with Gasteiger partial charge in [0.05, 0.1) is 12.4 Å². The molecule has 21 heavy (non-hydrogen) atoms. The van der Waals surface area contributed by atoms with Crippen LogP contribution < -0.4 is 0 Å². The molecule has 1 fully saturated rings. The van der Waals surface area contributed by atoms with Gasteiger partial charge in [0.15, 0.2) is 0 Å². The van der Waals surface area contributed by atoms with Gasteiger partial charge in [-0.25, -0.2) is 9.37 Å². The number of benzene rings is 1. The summed E-state index contributed by atoms with van der Waals surface area (Å²) in [6.45, 7) is 0.227. The van der Waals surface area contributed by atoms with Gasteiger partial charge < -0.3 is 4.90 Å². The molecule has 1 heterocycles. The summed E-state index contributed by atoms with van der Waals surface area (Å²) in [4.78, 5) is 22.0. The highest BCUT2D eigenvalue weighted by Gasteiger charge is 2.34. The van der Waals surface area contributed by atoms with Gasteiger partial charge in [-0.2, -0.15) is 0 Å². The van der Waals surface area contributed by atoms with Gasteiger partial charge in [-0.15, -0.1) is 0 Å². The summed E-state index contributed by atoms with van der Waals surface area (Å²) in [7, 11) is 0. The zero-order valence-electron chi connectivity index (χ0n) is 11.2. The molecule has 0 bridgehead atoms. The maximum absolute atomic E-state index is 13.8. The van der Waals surface area contributed by atoms with Crippen molar-refractivity contribution in [3.63, 3.8) is 0 Å². The Kier molecular flexibility index (Phi) is 3.84. The lowest BCUT2D eigenvalue weighted by atomic mass is 10.2. The number of aromatic nitrogens is 2. The van der Waals surface area contributed by atoms with Crippen LogP contribution in [-0.4, -0.2) is 26.8 Å². The first-order chi connectivity index (χ1) is 10.1. The van der Waals surface area contributed by atoms with E-state index in [4.69, 9.17) is 11.6 Å². The molecule has 0 unspecified atom stereocenters. The number of hydrogen-bond acceptors (Lipinski definition) is 3. The van der Waals surface area contributed by atoms with Crippen LogP contribution in [0.4, 0.5) is 4.39 Å². The van der Waals surface area contributed by atoms with Gasteiger partial charge in [0.1, 0.15) is 16.7 Å². The second-order valence-corrected chi connectivity index (χ2v) is 5.37. The van der Waals surface area contributed by atoms with E-state index in [1.165, 1.54) is 18.5 Å². The van der Waals surface area contributed by atoms with Crippen LogP contribution in [0.1, 0.15) is 28.9 Å². The smallest absolute Gasteiger partial charge is 0.274 e. The molecule has 2 aromatic rings. The van der Waals surface area contributed by atoms with Crippen molar-refractivity contribution in [3.8, 4) is 0 Å². The highest BCUT2D eigenvalue weighted by atomic mass is 35.5. The molecule has 4 nitrogen and oxygen atoms in total. The molecule has 6 heteroatoms. The van der Waals surface area contributed by atoms with E-state index in [0.717, 1.165) is 12.8 Å². The molecule has 1 aromatic heterocycles. The molecule has 0 N–H and O–H groups in total. The zero-order valence-corrected chi connectivity index (χ0v) is 11.9. The maximum atomic E-state index is 13.8. The summed E-state index contributed by atoms with van der Waals surface area (Å²) >= 11 is 5.77. The minimum absolute atomic E-state index is 0.137. The molecule has 0 saturated heterocycles. The summed E-state index contributed by atoms with van der Waals surface area (Å²) < 4.78 is 13.8. The third-order valence-corrected chi connectivity index (χ3v) is 3.55. The average molecular weight is 306 g/mol. The van der Waals surface area contributed by atoms with Crippen LogP contribution in [0, 0.1) is 5.82 Å². The Hall–Kier alpha value is -2.01. The molecular formula is C15H13ClFN3O. The van der Waals surface area contributed by atoms with Crippen molar-refractivity contribution < 1.29 is 9.18 Å². The van der Waals surface area contributed by atoms with Gasteiger partial charge >= 0.3 is 0 Å². The third-order valence-electron chi connectivity index (χ3n) is 3.37. The van der Waals surface area contributed by atoms with Crippen molar-refractivity contribution in [2.45, 2.75) is 25.4 Å². The van der Waals surface area contributed by atoms with E-state index in [-0.39, 0.29) is 35.2 Å². The highest BCUT2D eigenvalue weighted by molar-refractivity contribution is 6.29. The first kappa shape index (κ1) is 13.9. The van der Waals surface area contributed by atoms with E-state index >= 15 is 0 Å². The number of carbonyl (C=O) groups is 1. The lowest BCUT2D eigenvalue weighted by molar-refractivity contribution is 0.0722. The number of halogens is 2. The van der Waals surface area contributed by atoms with E-state index in [1.54, 1.807) is 23.1 Å². The van der Waals surface area contributed by atoms with Crippen LogP contribution in [0.3, 0.4) is 0 Å². The number of nitrogens with zero attached hydrogens (tertiary/aromatic N) is 3. The second kappa shape index (κ2) is 5.77. The zero-order chi connectivity index (χ0) is 14.8. The highest BCUT2D eigenvalue weighted by Crippen LogP contribution is 2.30. The summed E-state index contributed by atoms with van der Waals surface area (Å²) in [5.41, 5.74) is 0.679. The van der Waals surface area contributed by atoms with Crippen molar-refractivity contribution in [3.05, 3.63) is 58.9 Å². The van der Waals surface area contributed by atoms with Gasteiger partial charge in [-0.05, 0) is 18.9 Å². The Morgan fingerprint density at radius 1 is 1.33 bits per heavy atom. The number of carbonyl (C=O) groups excluding carboxylic acids is 1. The number of amides is 1. The monoisotopic (exact) mass is 305 g/mol. The molecule has 1 aliphatic rings. The lowest BCUT2D eigenvalue weighted by Gasteiger charge is -2.22. The first-order valence-corrected chi connectivity index (χ1v) is 7.05. The molecule has 108 valence electrons. The summed E-state index contributed by atoms with van der Waals surface area (Å²) in [5, 5.41) is 0.169. The molecule has 3 rings (SSSR count). The second-order valence-electron chi connectivity index (χ2n) is 4.98. The number of rotatable bonds is 4. The van der Waals surface area contributed by atoms with Crippen LogP contribution in [0.15, 0.2) is 36.7 Å². The van der Waals surface area contributed by atoms with Crippen LogP contribution in [-0.2, 0) is 6.54 Å². The van der Waals surface area contributed by atoms with Crippen molar-refractivity contribution in [1.29, 1.82) is 0 Å². The Balaban J connectivity index is 1.85. The normalized spacial score (nSPS) is 14.0. The van der Waals surface area contributed by atoms with Gasteiger partial charge in [0, 0.05) is 18.2 Å². The molecule has 0 spiro atoms. The van der Waals surface area contributed by atoms with E-state index < -0.39 is 0 Å². The maximum Gasteiger partial charge on any atom is 0.274 e. The topological polar surface area (TPSA) is 46.1 Å². The van der Waals surface area contributed by atoms with Gasteiger partial charge in [0.2, 0.25) is 0 Å². The van der Waals surface area contributed by atoms with Crippen molar-refractivity contribution in [2.24, 2.45) is 0 Å². The fourth-order valence-corrected chi connectivity index (χ4v) is 2.30. The van der Waals surface area contributed by atoms with E-state index in [0.29, 0.717) is 5.56 Å². The fraction of sp³-hybridized carbons (Fsp3) is 0.267. The predicted octanol–water partition coefficient (Wildman–Crippen LogP) is 3.07. The average Bonchev–Trinajstić information content (AvgIpc) is 3.30. The summed E-state index contributed by atoms with van der Waals surface area (Å²) in [6.07, 6.45) is 4.60. The quantitative estimate of drug-likeness (QED) is 0.872. The SMILES string of the molecule is O=C(c1cncc(Cl)n1)N(Cc1ccccc1F)C1CC1. The van der Waals surface area contributed by atoms with Gasteiger partial charge in [-0.1, -0.05) is 29.8 Å². The van der Waals surface area contributed by atoms with E-state index in [9.17, 15) is 9.18 Å². The molecule has 0 atom stereocenters. The molecule has 0 aliphatic heterocycles. The molecule has 1 amide bonds. The van der Waals surface area contributed by atoms with Crippen LogP contribution in [0.25, 0.3) is 0 Å². The van der Waals surface area contributed by atoms with Gasteiger partial charge in [-0.3, -0.25) is 9.78 Å². The summed E-state index contributed by atoms with van der Waals surface area (Å²) in [5.74, 6) is -0.580. The molecule has 1 aromatic carbocycles. The Labute approximate surface area is 126 Å². The molecule has 1 aliphatic carbocycles. The van der Waals surface area contributed by atoms with Crippen molar-refractivity contribution in [2.75, 3.05) is 0 Å². The molecule has 1 saturated carbocycles. The van der Waals surface area contributed by atoms with E-state index in [2.05, 4.69) is 9.97 Å². The molecular weight excluding hydrogens is 293 g/mol. The standard InChI is InChI=1S/C15H13ClFN3O/c16-14-8-18-7-13(19-14)15(21)20(11-5-6-11)9-10-3-1-2-4-12(10)17/h1-4,7-8,11H,5-6,9H2. The van der Waals surface area contributed by atoms with E-state index in [1.807, 2.05) is 0 Å². The summed E-state index contributed by atoms with van der Waals surface area (Å²) in [6, 6.07) is 6.60. The first-order valence-electron chi connectivity index (χ1n) is 6.67. The minimum atomic E-state index is -0.312. The van der Waals surface area contributed by atoms with Gasteiger partial charge in [0.25, 0.3) is 5.91 Å². The lowest BCUT2D eigenvalue weighted by Crippen LogP contribution is -2.33. The minimum Gasteiger partial charge on any atom is -0.330 e. The van der Waals surface area contributed by atoms with Crippen LogP contribution >= 0.6 is 11.6 Å². The molecule has 0 radical (unpaired) electrons. The van der Waals surface area contributed by atoms with Crippen molar-refractivity contribution >= 4 is 17.5 Å². The largest absolute Gasteiger partial charge is 0.330 e. The fourth-order valence-electron chi connectivity index (χ4n) is 2.16. The Morgan fingerprint density at radius 3 is 2.76 bits per heavy atom. The third kappa shape index (κ3) is 3.19. The number of hydrogen-bond donors (Lipinski definition) is 0. The Bertz CT molecular complexity index is 675. The predicted molar refractivity (Wildman–Crippen MR) is 76.3 cm³/mol.